The third kappa shape index (κ3) is 3.57. The fourth-order valence-corrected chi connectivity index (χ4v) is 5.43. The van der Waals surface area contributed by atoms with Crippen LogP contribution in [0.5, 0.6) is 0 Å². The molecule has 3 aromatic rings. The van der Waals surface area contributed by atoms with Crippen LogP contribution in [0.1, 0.15) is 22.8 Å². The predicted octanol–water partition coefficient (Wildman–Crippen LogP) is 4.76. The van der Waals surface area contributed by atoms with E-state index in [-0.39, 0.29) is 27.9 Å². The number of fused-ring (bicyclic) bond motifs is 1. The van der Waals surface area contributed by atoms with E-state index in [0.717, 1.165) is 17.7 Å². The summed E-state index contributed by atoms with van der Waals surface area (Å²) in [6, 6.07) is 20.9. The molecule has 0 bridgehead atoms. The van der Waals surface area contributed by atoms with Crippen molar-refractivity contribution in [2.24, 2.45) is 0 Å². The molecular weight excluding hydrogens is 420 g/mol. The number of carbonyl (C=O) groups is 1. The molecule has 3 aromatic carbocycles. The lowest BCUT2D eigenvalue weighted by Gasteiger charge is -2.24. The normalized spacial score (nSPS) is 13.2. The summed E-state index contributed by atoms with van der Waals surface area (Å²) < 4.78 is 28.0. The Morgan fingerprint density at radius 2 is 1.73 bits per heavy atom. The van der Waals surface area contributed by atoms with Gasteiger partial charge in [0.15, 0.2) is 0 Å². The quantitative estimate of drug-likeness (QED) is 0.574. The Morgan fingerprint density at radius 3 is 2.47 bits per heavy atom. The van der Waals surface area contributed by atoms with Gasteiger partial charge in [-0.1, -0.05) is 48.0 Å². The maximum atomic E-state index is 13.3. The Labute approximate surface area is 181 Å². The number of sulfonamides is 1. The van der Waals surface area contributed by atoms with Gasteiger partial charge >= 0.3 is 0 Å². The van der Waals surface area contributed by atoms with Gasteiger partial charge in [-0.25, -0.2) is 8.42 Å². The second-order valence-corrected chi connectivity index (χ2v) is 9.25. The highest BCUT2D eigenvalue weighted by Gasteiger charge is 2.29. The first-order chi connectivity index (χ1) is 14.4. The van der Waals surface area contributed by atoms with E-state index >= 15 is 0 Å². The average Bonchev–Trinajstić information content (AvgIpc) is 3.19. The minimum atomic E-state index is -3.86. The molecule has 0 atom stereocenters. The number of hydrogen-bond acceptors (Lipinski definition) is 3. The first kappa shape index (κ1) is 20.4. The molecule has 5 nitrogen and oxygen atoms in total. The van der Waals surface area contributed by atoms with Crippen molar-refractivity contribution in [2.45, 2.75) is 18.2 Å². The summed E-state index contributed by atoms with van der Waals surface area (Å²) in [7, 11) is -3.86. The Bertz CT molecular complexity index is 1200. The highest BCUT2D eigenvalue weighted by atomic mass is 35.5. The SMILES string of the molecule is CCN(c1ccccc1)S(=O)(=O)c1ccc(Cl)c(C(=O)N2CCc3ccccc32)c1. The number of nitrogens with zero attached hydrogens (tertiary/aromatic N) is 2. The van der Waals surface area contributed by atoms with E-state index in [1.165, 1.54) is 22.5 Å². The Balaban J connectivity index is 1.72. The van der Waals surface area contributed by atoms with E-state index in [4.69, 9.17) is 11.6 Å². The van der Waals surface area contributed by atoms with E-state index in [0.29, 0.717) is 12.2 Å². The van der Waals surface area contributed by atoms with Gasteiger partial charge in [-0.15, -0.1) is 0 Å². The van der Waals surface area contributed by atoms with Crippen LogP contribution in [0.3, 0.4) is 0 Å². The molecule has 0 radical (unpaired) electrons. The molecule has 4 rings (SSSR count). The van der Waals surface area contributed by atoms with Crippen LogP contribution in [-0.4, -0.2) is 27.4 Å². The zero-order chi connectivity index (χ0) is 21.3. The van der Waals surface area contributed by atoms with Crippen LogP contribution in [0.2, 0.25) is 5.02 Å². The number of hydrogen-bond donors (Lipinski definition) is 0. The molecule has 7 heteroatoms. The molecule has 1 aliphatic rings. The average molecular weight is 441 g/mol. The molecule has 0 unspecified atom stereocenters. The number of para-hydroxylation sites is 2. The standard InChI is InChI=1S/C23H21ClN2O3S/c1-2-26(18-9-4-3-5-10-18)30(28,29)19-12-13-21(24)20(16-19)23(27)25-15-14-17-8-6-7-11-22(17)25/h3-13,16H,2,14-15H2,1H3. The first-order valence-corrected chi connectivity index (χ1v) is 11.5. The molecule has 1 heterocycles. The van der Waals surface area contributed by atoms with E-state index in [2.05, 4.69) is 0 Å². The van der Waals surface area contributed by atoms with Crippen molar-refractivity contribution >= 4 is 38.9 Å². The fraction of sp³-hybridized carbons (Fsp3) is 0.174. The Kier molecular flexibility index (Phi) is 5.54. The van der Waals surface area contributed by atoms with Crippen molar-refractivity contribution in [3.63, 3.8) is 0 Å². The second kappa shape index (κ2) is 8.13. The molecule has 0 saturated carbocycles. The number of rotatable bonds is 5. The summed E-state index contributed by atoms with van der Waals surface area (Å²) in [6.07, 6.45) is 0.759. The lowest BCUT2D eigenvalue weighted by atomic mass is 10.1. The molecule has 30 heavy (non-hydrogen) atoms. The van der Waals surface area contributed by atoms with Gasteiger partial charge in [0.25, 0.3) is 15.9 Å². The minimum Gasteiger partial charge on any atom is -0.308 e. The molecule has 0 fully saturated rings. The summed E-state index contributed by atoms with van der Waals surface area (Å²) in [5, 5.41) is 0.228. The number of amides is 1. The molecule has 0 aliphatic carbocycles. The minimum absolute atomic E-state index is 0.0356. The molecule has 0 aromatic heterocycles. The number of benzene rings is 3. The van der Waals surface area contributed by atoms with Crippen molar-refractivity contribution in [1.82, 2.24) is 0 Å². The van der Waals surface area contributed by atoms with Gasteiger partial charge in [0.05, 0.1) is 21.2 Å². The van der Waals surface area contributed by atoms with E-state index in [9.17, 15) is 13.2 Å². The maximum Gasteiger partial charge on any atom is 0.264 e. The van der Waals surface area contributed by atoms with E-state index in [1.54, 1.807) is 36.1 Å². The topological polar surface area (TPSA) is 57.7 Å². The molecular formula is C23H21ClN2O3S. The smallest absolute Gasteiger partial charge is 0.264 e. The number of anilines is 2. The van der Waals surface area contributed by atoms with Crippen molar-refractivity contribution in [2.75, 3.05) is 22.3 Å². The summed E-state index contributed by atoms with van der Waals surface area (Å²) in [4.78, 5) is 14.9. The summed E-state index contributed by atoms with van der Waals surface area (Å²) in [6.45, 7) is 2.57. The molecule has 1 aliphatic heterocycles. The number of halogens is 1. The Hall–Kier alpha value is -2.83. The van der Waals surface area contributed by atoms with Crippen molar-refractivity contribution in [1.29, 1.82) is 0 Å². The van der Waals surface area contributed by atoms with Crippen LogP contribution >= 0.6 is 11.6 Å². The molecule has 0 N–H and O–H groups in total. The largest absolute Gasteiger partial charge is 0.308 e. The number of carbonyl (C=O) groups excluding carboxylic acids is 1. The highest BCUT2D eigenvalue weighted by Crippen LogP contribution is 2.32. The third-order valence-electron chi connectivity index (χ3n) is 5.22. The monoisotopic (exact) mass is 440 g/mol. The van der Waals surface area contributed by atoms with Crippen LogP contribution in [0.25, 0.3) is 0 Å². The van der Waals surface area contributed by atoms with Crippen molar-refractivity contribution in [3.05, 3.63) is 88.9 Å². The zero-order valence-electron chi connectivity index (χ0n) is 16.5. The van der Waals surface area contributed by atoms with E-state index < -0.39 is 10.0 Å². The maximum absolute atomic E-state index is 13.3. The van der Waals surface area contributed by atoms with Crippen LogP contribution in [-0.2, 0) is 16.4 Å². The van der Waals surface area contributed by atoms with Crippen LogP contribution in [0.15, 0.2) is 77.7 Å². The third-order valence-corrected chi connectivity index (χ3v) is 7.45. The van der Waals surface area contributed by atoms with Gasteiger partial charge in [0, 0.05) is 18.8 Å². The van der Waals surface area contributed by atoms with Gasteiger partial charge < -0.3 is 4.90 Å². The summed E-state index contributed by atoms with van der Waals surface area (Å²) in [5.74, 6) is -0.301. The summed E-state index contributed by atoms with van der Waals surface area (Å²) >= 11 is 6.32. The van der Waals surface area contributed by atoms with Gasteiger partial charge in [0.1, 0.15) is 0 Å². The summed E-state index contributed by atoms with van der Waals surface area (Å²) in [5.41, 5.74) is 2.67. The van der Waals surface area contributed by atoms with Crippen molar-refractivity contribution < 1.29 is 13.2 Å². The molecule has 154 valence electrons. The van der Waals surface area contributed by atoms with Crippen LogP contribution in [0.4, 0.5) is 11.4 Å². The van der Waals surface area contributed by atoms with Crippen LogP contribution in [0, 0.1) is 0 Å². The zero-order valence-corrected chi connectivity index (χ0v) is 18.0. The fourth-order valence-electron chi connectivity index (χ4n) is 3.74. The first-order valence-electron chi connectivity index (χ1n) is 9.70. The lowest BCUT2D eigenvalue weighted by molar-refractivity contribution is 0.0989. The van der Waals surface area contributed by atoms with Gasteiger partial charge in [-0.3, -0.25) is 9.10 Å². The van der Waals surface area contributed by atoms with Crippen LogP contribution < -0.4 is 9.21 Å². The van der Waals surface area contributed by atoms with Gasteiger partial charge in [-0.05, 0) is 55.3 Å². The Morgan fingerprint density at radius 1 is 1.03 bits per heavy atom. The van der Waals surface area contributed by atoms with E-state index in [1.807, 2.05) is 30.3 Å². The molecule has 0 saturated heterocycles. The van der Waals surface area contributed by atoms with Crippen molar-refractivity contribution in [3.8, 4) is 0 Å². The molecule has 0 spiro atoms. The van der Waals surface area contributed by atoms with Gasteiger partial charge in [-0.2, -0.15) is 0 Å². The van der Waals surface area contributed by atoms with Gasteiger partial charge in [0.2, 0.25) is 0 Å². The molecule has 1 amide bonds. The lowest BCUT2D eigenvalue weighted by Crippen LogP contribution is -2.32. The second-order valence-electron chi connectivity index (χ2n) is 6.98. The highest BCUT2D eigenvalue weighted by molar-refractivity contribution is 7.92. The predicted molar refractivity (Wildman–Crippen MR) is 120 cm³/mol.